The summed E-state index contributed by atoms with van der Waals surface area (Å²) < 4.78 is 4.51. The Balaban J connectivity index is 0.976. The zero-order chi connectivity index (χ0) is 45.0. The molecule has 5 heteroatoms. The highest BCUT2D eigenvalue weighted by Crippen LogP contribution is 2.42. The van der Waals surface area contributed by atoms with Gasteiger partial charge in [0.2, 0.25) is 0 Å². The Morgan fingerprint density at radius 2 is 0.853 bits per heavy atom. The van der Waals surface area contributed by atoms with Crippen LogP contribution in [0.5, 0.6) is 0 Å². The molecule has 318 valence electrons. The third kappa shape index (κ3) is 6.76. The minimum atomic E-state index is 0.663. The van der Waals surface area contributed by atoms with Gasteiger partial charge in [-0.1, -0.05) is 200 Å². The first-order valence-corrected chi connectivity index (χ1v) is 23.0. The standard InChI is InChI=1S/C63H41N5/c1-5-19-42(20-6-1)55-41-56(49-28-18-30-51(38-49)67-57-33-15-13-31-52(57)53-32-14-16-34-58(53)67)65-63(64-55)50-29-17-27-46(37-50)47-35-36-48-40-59(43-21-7-2-8-22-43)68-62(54(48)39-47)60(44-23-9-3-10-24-44)61(66-68)45-25-11-4-12-26-45/h1-41H. The molecule has 0 radical (unpaired) electrons. The van der Waals surface area contributed by atoms with Crippen molar-refractivity contribution >= 4 is 38.1 Å². The SMILES string of the molecule is c1ccc(-c2cc(-c3cccc(-n4c5ccccc5c5ccccc54)c3)nc(-c3cccc(-c4ccc5cc(-c6ccccc6)n6nc(-c7ccccc7)c(-c7ccccc7)c6c5c4)c3)n2)cc1. The van der Waals surface area contributed by atoms with E-state index in [2.05, 4.69) is 252 Å². The number of rotatable bonds is 8. The number of nitrogens with zero attached hydrogens (tertiary/aromatic N) is 5. The van der Waals surface area contributed by atoms with Gasteiger partial charge in [0, 0.05) is 55.2 Å². The Labute approximate surface area is 393 Å². The van der Waals surface area contributed by atoms with Gasteiger partial charge in [-0.05, 0) is 70.6 Å². The van der Waals surface area contributed by atoms with Gasteiger partial charge in [-0.2, -0.15) is 5.10 Å². The molecular weight excluding hydrogens is 827 g/mol. The largest absolute Gasteiger partial charge is 0.309 e. The van der Waals surface area contributed by atoms with Gasteiger partial charge in [-0.3, -0.25) is 0 Å². The Morgan fingerprint density at radius 1 is 0.324 bits per heavy atom. The molecule has 68 heavy (non-hydrogen) atoms. The van der Waals surface area contributed by atoms with Gasteiger partial charge < -0.3 is 4.57 Å². The van der Waals surface area contributed by atoms with E-state index in [1.54, 1.807) is 0 Å². The van der Waals surface area contributed by atoms with Gasteiger partial charge >= 0.3 is 0 Å². The fourth-order valence-corrected chi connectivity index (χ4v) is 9.93. The smallest absolute Gasteiger partial charge is 0.160 e. The Kier molecular flexibility index (Phi) is 9.43. The lowest BCUT2D eigenvalue weighted by molar-refractivity contribution is 0.979. The van der Waals surface area contributed by atoms with Crippen LogP contribution in [-0.2, 0) is 0 Å². The number of aromatic nitrogens is 5. The number of para-hydroxylation sites is 2. The molecule has 0 N–H and O–H groups in total. The van der Waals surface area contributed by atoms with Gasteiger partial charge in [-0.25, -0.2) is 14.5 Å². The normalized spacial score (nSPS) is 11.5. The number of benzene rings is 9. The first kappa shape index (κ1) is 39.2. The molecule has 0 bridgehead atoms. The topological polar surface area (TPSA) is 48.0 Å². The van der Waals surface area contributed by atoms with Crippen LogP contribution >= 0.6 is 0 Å². The van der Waals surface area contributed by atoms with Crippen LogP contribution in [0.3, 0.4) is 0 Å². The molecule has 0 fully saturated rings. The van der Waals surface area contributed by atoms with Crippen LogP contribution in [0.25, 0.3) is 122 Å². The van der Waals surface area contributed by atoms with E-state index in [0.29, 0.717) is 5.82 Å². The van der Waals surface area contributed by atoms with E-state index in [-0.39, 0.29) is 0 Å². The minimum Gasteiger partial charge on any atom is -0.309 e. The van der Waals surface area contributed by atoms with Crippen LogP contribution in [0.1, 0.15) is 0 Å². The van der Waals surface area contributed by atoms with E-state index < -0.39 is 0 Å². The zero-order valence-electron chi connectivity index (χ0n) is 36.9. The minimum absolute atomic E-state index is 0.663. The van der Waals surface area contributed by atoms with Crippen LogP contribution < -0.4 is 0 Å². The first-order chi connectivity index (χ1) is 33.7. The average Bonchev–Trinajstić information content (AvgIpc) is 3.99. The van der Waals surface area contributed by atoms with Gasteiger partial charge in [0.05, 0.1) is 33.6 Å². The van der Waals surface area contributed by atoms with Crippen molar-refractivity contribution in [1.82, 2.24) is 24.1 Å². The number of pyridine rings is 1. The Bertz CT molecular complexity index is 3950. The molecule has 0 atom stereocenters. The fraction of sp³-hybridized carbons (Fsp3) is 0. The van der Waals surface area contributed by atoms with E-state index in [0.717, 1.165) is 94.8 Å². The van der Waals surface area contributed by atoms with E-state index >= 15 is 0 Å². The summed E-state index contributed by atoms with van der Waals surface area (Å²) in [5.74, 6) is 0.663. The van der Waals surface area contributed by atoms with Gasteiger partial charge in [0.25, 0.3) is 0 Å². The van der Waals surface area contributed by atoms with Crippen molar-refractivity contribution in [3.05, 3.63) is 249 Å². The van der Waals surface area contributed by atoms with Gasteiger partial charge in [0.1, 0.15) is 5.69 Å². The van der Waals surface area contributed by atoms with E-state index in [9.17, 15) is 0 Å². The molecule has 0 aliphatic heterocycles. The van der Waals surface area contributed by atoms with Crippen LogP contribution in [0.4, 0.5) is 0 Å². The summed E-state index contributed by atoms with van der Waals surface area (Å²) in [6.45, 7) is 0. The van der Waals surface area contributed by atoms with Gasteiger partial charge in [0.15, 0.2) is 5.82 Å². The zero-order valence-corrected chi connectivity index (χ0v) is 36.9. The maximum atomic E-state index is 5.45. The summed E-state index contributed by atoms with van der Waals surface area (Å²) in [7, 11) is 0. The molecule has 13 rings (SSSR count). The van der Waals surface area contributed by atoms with Crippen LogP contribution in [0, 0.1) is 0 Å². The third-order valence-corrected chi connectivity index (χ3v) is 13.1. The molecule has 0 saturated heterocycles. The highest BCUT2D eigenvalue weighted by Gasteiger charge is 2.22. The van der Waals surface area contributed by atoms with E-state index in [1.165, 1.54) is 21.8 Å². The highest BCUT2D eigenvalue weighted by molar-refractivity contribution is 6.11. The molecule has 0 spiro atoms. The number of fused-ring (bicyclic) bond motifs is 6. The van der Waals surface area contributed by atoms with Crippen molar-refractivity contribution in [2.45, 2.75) is 0 Å². The molecule has 0 aliphatic carbocycles. The van der Waals surface area contributed by atoms with Crippen LogP contribution in [-0.4, -0.2) is 24.1 Å². The number of hydrogen-bond acceptors (Lipinski definition) is 3. The predicted octanol–water partition coefficient (Wildman–Crippen LogP) is 16.0. The lowest BCUT2D eigenvalue weighted by Gasteiger charge is -2.13. The lowest BCUT2D eigenvalue weighted by Crippen LogP contribution is -1.98. The molecule has 0 saturated carbocycles. The molecule has 13 aromatic rings. The van der Waals surface area contributed by atoms with Crippen molar-refractivity contribution < 1.29 is 0 Å². The Morgan fingerprint density at radius 3 is 1.54 bits per heavy atom. The molecule has 4 aromatic heterocycles. The van der Waals surface area contributed by atoms with Crippen molar-refractivity contribution in [3.8, 4) is 84.4 Å². The average molecular weight is 868 g/mol. The van der Waals surface area contributed by atoms with E-state index in [1.807, 2.05) is 6.07 Å². The summed E-state index contributed by atoms with van der Waals surface area (Å²) in [6.07, 6.45) is 0. The molecule has 5 nitrogen and oxygen atoms in total. The predicted molar refractivity (Wildman–Crippen MR) is 281 cm³/mol. The summed E-state index contributed by atoms with van der Waals surface area (Å²) in [6, 6.07) is 88.0. The van der Waals surface area contributed by atoms with Crippen molar-refractivity contribution in [3.63, 3.8) is 0 Å². The van der Waals surface area contributed by atoms with Crippen molar-refractivity contribution in [1.29, 1.82) is 0 Å². The van der Waals surface area contributed by atoms with Crippen molar-refractivity contribution in [2.24, 2.45) is 0 Å². The van der Waals surface area contributed by atoms with Gasteiger partial charge in [-0.15, -0.1) is 0 Å². The third-order valence-electron chi connectivity index (χ3n) is 13.1. The highest BCUT2D eigenvalue weighted by atomic mass is 15.2. The maximum Gasteiger partial charge on any atom is 0.160 e. The molecule has 4 heterocycles. The number of hydrogen-bond donors (Lipinski definition) is 0. The molecule has 0 amide bonds. The Hall–Kier alpha value is -9.19. The molecule has 9 aromatic carbocycles. The quantitative estimate of drug-likeness (QED) is 0.153. The van der Waals surface area contributed by atoms with Crippen LogP contribution in [0.15, 0.2) is 249 Å². The summed E-state index contributed by atoms with van der Waals surface area (Å²) >= 11 is 0. The fourth-order valence-electron chi connectivity index (χ4n) is 9.93. The lowest BCUT2D eigenvalue weighted by atomic mass is 9.94. The molecule has 0 aliphatic rings. The summed E-state index contributed by atoms with van der Waals surface area (Å²) in [4.78, 5) is 10.6. The monoisotopic (exact) mass is 867 g/mol. The second-order valence-electron chi connectivity index (χ2n) is 17.2. The van der Waals surface area contributed by atoms with E-state index in [4.69, 9.17) is 15.1 Å². The first-order valence-electron chi connectivity index (χ1n) is 23.0. The second kappa shape index (κ2) is 16.4. The molecular formula is C63H41N5. The summed E-state index contributed by atoms with van der Waals surface area (Å²) in [5, 5.41) is 10.2. The van der Waals surface area contributed by atoms with Crippen LogP contribution in [0.2, 0.25) is 0 Å². The maximum absolute atomic E-state index is 5.45. The second-order valence-corrected chi connectivity index (χ2v) is 17.2. The summed E-state index contributed by atoms with van der Waals surface area (Å²) in [5.41, 5.74) is 17.7. The molecule has 0 unspecified atom stereocenters. The van der Waals surface area contributed by atoms with Crippen molar-refractivity contribution in [2.75, 3.05) is 0 Å².